The quantitative estimate of drug-likeness (QED) is 0.483. The highest BCUT2D eigenvalue weighted by molar-refractivity contribution is 5.93. The molecule has 0 spiro atoms. The zero-order valence-electron chi connectivity index (χ0n) is 10.5. The molecular formula is C15H18N2O. The molecule has 0 aliphatic heterocycles. The number of benzene rings is 2. The Morgan fingerprint density at radius 2 is 1.50 bits per heavy atom. The summed E-state index contributed by atoms with van der Waals surface area (Å²) in [6, 6.07) is 19.3. The summed E-state index contributed by atoms with van der Waals surface area (Å²) in [7, 11) is 0. The molecule has 1 amide bonds. The molecule has 2 rings (SSSR count). The Morgan fingerprint density at radius 1 is 1.00 bits per heavy atom. The molecule has 0 heterocycles. The van der Waals surface area contributed by atoms with E-state index in [2.05, 4.69) is 31.2 Å². The molecule has 0 radical (unpaired) electrons. The molecule has 2 aromatic rings. The number of hydrogen-bond donors (Lipinski definition) is 2. The summed E-state index contributed by atoms with van der Waals surface area (Å²) in [4.78, 5) is 10.8. The smallest absolute Gasteiger partial charge is 0.265 e. The maximum atomic E-state index is 10.8. The topological polar surface area (TPSA) is 55.1 Å². The van der Waals surface area contributed by atoms with Crippen molar-refractivity contribution in [3.05, 3.63) is 71.8 Å². The predicted molar refractivity (Wildman–Crippen MR) is 73.9 cm³/mol. The van der Waals surface area contributed by atoms with Crippen molar-refractivity contribution >= 4 is 5.91 Å². The van der Waals surface area contributed by atoms with Gasteiger partial charge in [0.2, 0.25) is 0 Å². The average molecular weight is 242 g/mol. The highest BCUT2D eigenvalue weighted by atomic mass is 16.2. The summed E-state index contributed by atoms with van der Waals surface area (Å²) >= 11 is 0. The third-order valence-corrected chi connectivity index (χ3v) is 2.42. The minimum atomic E-state index is -0.263. The van der Waals surface area contributed by atoms with Gasteiger partial charge in [-0.15, -0.1) is 0 Å². The summed E-state index contributed by atoms with van der Waals surface area (Å²) in [5.74, 6) is 4.64. The second kappa shape index (κ2) is 8.03. The van der Waals surface area contributed by atoms with Crippen LogP contribution in [0.15, 0.2) is 60.7 Å². The summed E-state index contributed by atoms with van der Waals surface area (Å²) in [6.07, 6.45) is 1.14. The normalized spacial score (nSPS) is 9.00. The number of hydrogen-bond acceptors (Lipinski definition) is 2. The average Bonchev–Trinajstić information content (AvgIpc) is 2.49. The molecule has 0 saturated carbocycles. The van der Waals surface area contributed by atoms with E-state index in [1.807, 2.05) is 17.6 Å². The molecule has 3 N–H and O–H groups in total. The Morgan fingerprint density at radius 3 is 1.89 bits per heavy atom. The van der Waals surface area contributed by atoms with Gasteiger partial charge in [0, 0.05) is 5.56 Å². The van der Waals surface area contributed by atoms with Crippen molar-refractivity contribution in [2.24, 2.45) is 5.84 Å². The summed E-state index contributed by atoms with van der Waals surface area (Å²) < 4.78 is 0. The summed E-state index contributed by atoms with van der Waals surface area (Å²) in [6.45, 7) is 2.16. The molecule has 3 heteroatoms. The van der Waals surface area contributed by atoms with Crippen LogP contribution in [0.1, 0.15) is 22.8 Å². The van der Waals surface area contributed by atoms with Crippen LogP contribution < -0.4 is 11.3 Å². The minimum absolute atomic E-state index is 0.263. The van der Waals surface area contributed by atoms with E-state index in [-0.39, 0.29) is 5.91 Å². The molecule has 0 fully saturated rings. The molecule has 0 unspecified atom stereocenters. The Balaban J connectivity index is 0.000000184. The maximum absolute atomic E-state index is 10.8. The van der Waals surface area contributed by atoms with Gasteiger partial charge in [-0.3, -0.25) is 10.2 Å². The van der Waals surface area contributed by atoms with E-state index in [1.165, 1.54) is 5.56 Å². The number of nitrogens with two attached hydrogens (primary N) is 1. The van der Waals surface area contributed by atoms with Crippen molar-refractivity contribution < 1.29 is 4.79 Å². The Hall–Kier alpha value is -2.13. The molecule has 18 heavy (non-hydrogen) atoms. The fourth-order valence-corrected chi connectivity index (χ4v) is 1.39. The lowest BCUT2D eigenvalue weighted by Gasteiger charge is -1.95. The van der Waals surface area contributed by atoms with Crippen LogP contribution >= 0.6 is 0 Å². The maximum Gasteiger partial charge on any atom is 0.265 e. The van der Waals surface area contributed by atoms with Gasteiger partial charge in [-0.05, 0) is 24.1 Å². The van der Waals surface area contributed by atoms with Crippen LogP contribution in [-0.4, -0.2) is 5.91 Å². The van der Waals surface area contributed by atoms with E-state index >= 15 is 0 Å². The van der Waals surface area contributed by atoms with Crippen LogP contribution in [0.2, 0.25) is 0 Å². The number of carbonyl (C=O) groups is 1. The number of nitrogens with one attached hydrogen (secondary N) is 1. The number of aryl methyl sites for hydroxylation is 1. The van der Waals surface area contributed by atoms with Gasteiger partial charge in [-0.25, -0.2) is 5.84 Å². The second-order valence-electron chi connectivity index (χ2n) is 3.68. The van der Waals surface area contributed by atoms with Gasteiger partial charge >= 0.3 is 0 Å². The van der Waals surface area contributed by atoms with Gasteiger partial charge in [0.15, 0.2) is 0 Å². The lowest BCUT2D eigenvalue weighted by atomic mass is 10.2. The molecule has 94 valence electrons. The van der Waals surface area contributed by atoms with Crippen LogP contribution in [0, 0.1) is 0 Å². The van der Waals surface area contributed by atoms with Gasteiger partial charge in [-0.2, -0.15) is 0 Å². The predicted octanol–water partition coefficient (Wildman–Crippen LogP) is 2.54. The second-order valence-corrected chi connectivity index (χ2v) is 3.68. The standard InChI is InChI=1S/C8H10.C7H8N2O/c1-2-8-6-4-3-5-7-8;8-9-7(10)6-4-2-1-3-5-6/h3-7H,2H2,1H3;1-5H,8H2,(H,9,10). The van der Waals surface area contributed by atoms with E-state index in [9.17, 15) is 4.79 Å². The van der Waals surface area contributed by atoms with E-state index in [0.717, 1.165) is 6.42 Å². The fourth-order valence-electron chi connectivity index (χ4n) is 1.39. The van der Waals surface area contributed by atoms with Crippen molar-refractivity contribution in [1.82, 2.24) is 5.43 Å². The minimum Gasteiger partial charge on any atom is -0.290 e. The zero-order chi connectivity index (χ0) is 13.2. The Labute approximate surface area is 108 Å². The molecule has 0 aromatic heterocycles. The van der Waals surface area contributed by atoms with Gasteiger partial charge in [-0.1, -0.05) is 55.5 Å². The van der Waals surface area contributed by atoms with Gasteiger partial charge in [0.1, 0.15) is 0 Å². The number of rotatable bonds is 2. The van der Waals surface area contributed by atoms with E-state index in [4.69, 9.17) is 5.84 Å². The van der Waals surface area contributed by atoms with E-state index in [0.29, 0.717) is 5.56 Å². The first kappa shape index (κ1) is 13.9. The molecule has 0 saturated heterocycles. The van der Waals surface area contributed by atoms with Gasteiger partial charge in [0.05, 0.1) is 0 Å². The monoisotopic (exact) mass is 242 g/mol. The molecule has 0 aliphatic carbocycles. The summed E-state index contributed by atoms with van der Waals surface area (Å²) in [5.41, 5.74) is 4.03. The first-order valence-electron chi connectivity index (χ1n) is 5.87. The van der Waals surface area contributed by atoms with Crippen LogP contribution in [-0.2, 0) is 6.42 Å². The number of hydrazine groups is 1. The fraction of sp³-hybridized carbons (Fsp3) is 0.133. The van der Waals surface area contributed by atoms with Crippen LogP contribution in [0.5, 0.6) is 0 Å². The highest BCUT2D eigenvalue weighted by Gasteiger charge is 1.98. The van der Waals surface area contributed by atoms with Crippen molar-refractivity contribution in [3.8, 4) is 0 Å². The van der Waals surface area contributed by atoms with Gasteiger partial charge < -0.3 is 0 Å². The van der Waals surface area contributed by atoms with Crippen molar-refractivity contribution in [1.29, 1.82) is 0 Å². The molecule has 0 bridgehead atoms. The number of nitrogen functional groups attached to an aromatic ring is 1. The lowest BCUT2D eigenvalue weighted by molar-refractivity contribution is 0.0953. The largest absolute Gasteiger partial charge is 0.290 e. The van der Waals surface area contributed by atoms with Crippen molar-refractivity contribution in [2.75, 3.05) is 0 Å². The van der Waals surface area contributed by atoms with E-state index < -0.39 is 0 Å². The highest BCUT2D eigenvalue weighted by Crippen LogP contribution is 1.97. The first-order chi connectivity index (χ1) is 8.77. The van der Waals surface area contributed by atoms with E-state index in [1.54, 1.807) is 24.3 Å². The van der Waals surface area contributed by atoms with Crippen LogP contribution in [0.25, 0.3) is 0 Å². The molecular weight excluding hydrogens is 224 g/mol. The SMILES string of the molecule is CCc1ccccc1.NNC(=O)c1ccccc1. The third-order valence-electron chi connectivity index (χ3n) is 2.42. The Kier molecular flexibility index (Phi) is 6.22. The molecule has 0 aliphatic rings. The molecule has 2 aromatic carbocycles. The molecule has 3 nitrogen and oxygen atoms in total. The van der Waals surface area contributed by atoms with Crippen molar-refractivity contribution in [3.63, 3.8) is 0 Å². The number of carbonyl (C=O) groups excluding carboxylic acids is 1. The molecule has 0 atom stereocenters. The van der Waals surface area contributed by atoms with Crippen molar-refractivity contribution in [2.45, 2.75) is 13.3 Å². The zero-order valence-corrected chi connectivity index (χ0v) is 10.5. The summed E-state index contributed by atoms with van der Waals surface area (Å²) in [5, 5.41) is 0. The number of amides is 1. The van der Waals surface area contributed by atoms with Gasteiger partial charge in [0.25, 0.3) is 5.91 Å². The Bertz CT molecular complexity index is 454. The first-order valence-corrected chi connectivity index (χ1v) is 5.87. The third kappa shape index (κ3) is 4.80. The van der Waals surface area contributed by atoms with Crippen LogP contribution in [0.3, 0.4) is 0 Å². The lowest BCUT2D eigenvalue weighted by Crippen LogP contribution is -2.29. The van der Waals surface area contributed by atoms with Crippen LogP contribution in [0.4, 0.5) is 0 Å².